The van der Waals surface area contributed by atoms with E-state index in [0.717, 1.165) is 25.4 Å². The average Bonchev–Trinajstić information content (AvgIpc) is 3.15. The molecule has 162 valence electrons. The Kier molecular flexibility index (Phi) is 5.55. The molecule has 1 N–H and O–H groups in total. The lowest BCUT2D eigenvalue weighted by Gasteiger charge is -2.11. The van der Waals surface area contributed by atoms with Crippen molar-refractivity contribution in [3.63, 3.8) is 0 Å². The molecule has 3 rings (SSSR count). The largest absolute Gasteiger partial charge is 0.494 e. The van der Waals surface area contributed by atoms with Crippen molar-refractivity contribution in [2.75, 3.05) is 12.4 Å². The number of methoxy groups -OCH3 is 1. The summed E-state index contributed by atoms with van der Waals surface area (Å²) in [6, 6.07) is 1.51. The molecule has 0 saturated heterocycles. The molecular formula is C17H10F5N5O4. The first-order chi connectivity index (χ1) is 14.5. The average molecular weight is 443 g/mol. The molecule has 0 unspecified atom stereocenters. The van der Waals surface area contributed by atoms with Crippen LogP contribution in [0.4, 0.5) is 39.3 Å². The minimum Gasteiger partial charge on any atom is -0.494 e. The van der Waals surface area contributed by atoms with Crippen LogP contribution in [0, 0.1) is 21.7 Å². The minimum atomic E-state index is -4.87. The van der Waals surface area contributed by atoms with E-state index >= 15 is 0 Å². The lowest BCUT2D eigenvalue weighted by molar-refractivity contribution is -0.387. The Morgan fingerprint density at radius 1 is 1.23 bits per heavy atom. The highest BCUT2D eigenvalue weighted by Gasteiger charge is 2.35. The first kappa shape index (κ1) is 21.6. The quantitative estimate of drug-likeness (QED) is 0.265. The molecule has 0 amide bonds. The van der Waals surface area contributed by atoms with E-state index < -0.39 is 51.3 Å². The molecule has 2 aromatic heterocycles. The number of aldehydes is 1. The summed E-state index contributed by atoms with van der Waals surface area (Å²) in [5.41, 5.74) is -3.10. The summed E-state index contributed by atoms with van der Waals surface area (Å²) >= 11 is 0. The third kappa shape index (κ3) is 4.26. The number of nitro groups is 1. The number of nitrogens with one attached hydrogen (secondary N) is 1. The van der Waals surface area contributed by atoms with E-state index in [4.69, 9.17) is 4.74 Å². The summed E-state index contributed by atoms with van der Waals surface area (Å²) in [6.45, 7) is 0. The Morgan fingerprint density at radius 2 is 1.94 bits per heavy atom. The minimum absolute atomic E-state index is 0.0416. The highest BCUT2D eigenvalue weighted by Crippen LogP contribution is 2.34. The number of carbonyl (C=O) groups is 1. The fourth-order valence-electron chi connectivity index (χ4n) is 2.59. The molecule has 0 aliphatic heterocycles. The van der Waals surface area contributed by atoms with Crippen LogP contribution in [0.1, 0.15) is 15.9 Å². The van der Waals surface area contributed by atoms with E-state index in [-0.39, 0.29) is 17.7 Å². The molecule has 0 saturated carbocycles. The highest BCUT2D eigenvalue weighted by atomic mass is 19.4. The Bertz CT molecular complexity index is 1180. The standard InChI is InChI=1S/C17H10F5N5O4/c1-31-14-2-10(18)13(27(29)30)3-12(14)24-16-23-4-11(19)15(25-16)26-5-8(7-28)9(6-26)17(20,21)22/h2-7H,1H3,(H,23,24,25). The lowest BCUT2D eigenvalue weighted by atomic mass is 10.2. The smallest absolute Gasteiger partial charge is 0.418 e. The van der Waals surface area contributed by atoms with E-state index in [9.17, 15) is 36.9 Å². The van der Waals surface area contributed by atoms with Gasteiger partial charge in [-0.1, -0.05) is 0 Å². The molecule has 14 heteroatoms. The Balaban J connectivity index is 2.06. The molecule has 0 aliphatic carbocycles. The number of anilines is 2. The third-order valence-electron chi connectivity index (χ3n) is 3.97. The number of halogens is 5. The molecule has 0 atom stereocenters. The second-order valence-corrected chi connectivity index (χ2v) is 5.90. The second-order valence-electron chi connectivity index (χ2n) is 5.90. The van der Waals surface area contributed by atoms with E-state index in [2.05, 4.69) is 15.3 Å². The zero-order valence-corrected chi connectivity index (χ0v) is 15.3. The number of carbonyl (C=O) groups excluding carboxylic acids is 1. The Morgan fingerprint density at radius 3 is 2.48 bits per heavy atom. The van der Waals surface area contributed by atoms with Crippen molar-refractivity contribution in [1.82, 2.24) is 14.5 Å². The predicted octanol–water partition coefficient (Wildman–Crippen LogP) is 4.04. The number of benzene rings is 1. The van der Waals surface area contributed by atoms with Crippen molar-refractivity contribution in [3.8, 4) is 11.6 Å². The predicted molar refractivity (Wildman–Crippen MR) is 94.6 cm³/mol. The maximum absolute atomic E-state index is 14.2. The van der Waals surface area contributed by atoms with E-state index in [1.807, 2.05) is 0 Å². The number of nitrogens with zero attached hydrogens (tertiary/aromatic N) is 4. The monoisotopic (exact) mass is 443 g/mol. The lowest BCUT2D eigenvalue weighted by Crippen LogP contribution is -2.07. The number of hydrogen-bond donors (Lipinski definition) is 1. The fourth-order valence-corrected chi connectivity index (χ4v) is 2.59. The maximum atomic E-state index is 14.2. The first-order valence-corrected chi connectivity index (χ1v) is 8.11. The van der Waals surface area contributed by atoms with Crippen molar-refractivity contribution in [1.29, 1.82) is 0 Å². The van der Waals surface area contributed by atoms with Crippen molar-refractivity contribution < 1.29 is 36.4 Å². The number of aromatic nitrogens is 3. The summed E-state index contributed by atoms with van der Waals surface area (Å²) in [7, 11) is 1.15. The zero-order valence-electron chi connectivity index (χ0n) is 15.3. The summed E-state index contributed by atoms with van der Waals surface area (Å²) in [5, 5.41) is 13.4. The molecule has 31 heavy (non-hydrogen) atoms. The van der Waals surface area contributed by atoms with Gasteiger partial charge < -0.3 is 14.6 Å². The van der Waals surface area contributed by atoms with Crippen LogP contribution in [0.15, 0.2) is 30.7 Å². The zero-order chi connectivity index (χ0) is 22.9. The molecule has 2 heterocycles. The summed E-state index contributed by atoms with van der Waals surface area (Å²) < 4.78 is 72.6. The van der Waals surface area contributed by atoms with Crippen LogP contribution in [0.2, 0.25) is 0 Å². The van der Waals surface area contributed by atoms with Crippen LogP contribution in [0.5, 0.6) is 5.75 Å². The van der Waals surface area contributed by atoms with Crippen molar-refractivity contribution >= 4 is 23.6 Å². The fraction of sp³-hybridized carbons (Fsp3) is 0.118. The third-order valence-corrected chi connectivity index (χ3v) is 3.97. The molecule has 0 fully saturated rings. The van der Waals surface area contributed by atoms with Gasteiger partial charge in [0.1, 0.15) is 5.75 Å². The van der Waals surface area contributed by atoms with Gasteiger partial charge in [-0.05, 0) is 0 Å². The summed E-state index contributed by atoms with van der Waals surface area (Å²) in [4.78, 5) is 28.3. The van der Waals surface area contributed by atoms with Gasteiger partial charge in [-0.25, -0.2) is 9.37 Å². The van der Waals surface area contributed by atoms with Gasteiger partial charge in [-0.15, -0.1) is 0 Å². The van der Waals surface area contributed by atoms with Crippen LogP contribution in [0.25, 0.3) is 5.82 Å². The number of rotatable bonds is 6. The number of alkyl halides is 3. The van der Waals surface area contributed by atoms with Crippen LogP contribution in [-0.2, 0) is 6.18 Å². The van der Waals surface area contributed by atoms with Gasteiger partial charge in [0.25, 0.3) is 0 Å². The highest BCUT2D eigenvalue weighted by molar-refractivity contribution is 5.77. The Hall–Kier alpha value is -4.10. The Labute approximate surface area is 169 Å². The second kappa shape index (κ2) is 7.97. The van der Waals surface area contributed by atoms with Gasteiger partial charge in [0.05, 0.1) is 29.5 Å². The van der Waals surface area contributed by atoms with Crippen LogP contribution >= 0.6 is 0 Å². The molecule has 1 aromatic carbocycles. The van der Waals surface area contributed by atoms with E-state index in [0.29, 0.717) is 17.0 Å². The molecular weight excluding hydrogens is 433 g/mol. The number of hydrogen-bond acceptors (Lipinski definition) is 7. The number of nitro benzene ring substituents is 1. The van der Waals surface area contributed by atoms with E-state index in [1.165, 1.54) is 0 Å². The normalized spacial score (nSPS) is 11.3. The van der Waals surface area contributed by atoms with Gasteiger partial charge in [0, 0.05) is 30.1 Å². The maximum Gasteiger partial charge on any atom is 0.418 e. The van der Waals surface area contributed by atoms with Crippen molar-refractivity contribution in [2.24, 2.45) is 0 Å². The molecule has 0 bridgehead atoms. The van der Waals surface area contributed by atoms with Gasteiger partial charge in [-0.3, -0.25) is 14.9 Å². The van der Waals surface area contributed by atoms with Gasteiger partial charge in [0.15, 0.2) is 17.9 Å². The summed E-state index contributed by atoms with van der Waals surface area (Å²) in [5.74, 6) is -3.52. The molecule has 3 aromatic rings. The van der Waals surface area contributed by atoms with Gasteiger partial charge in [0.2, 0.25) is 11.8 Å². The number of ether oxygens (including phenoxy) is 1. The van der Waals surface area contributed by atoms with Crippen LogP contribution in [0.3, 0.4) is 0 Å². The van der Waals surface area contributed by atoms with Crippen molar-refractivity contribution in [3.05, 3.63) is 63.6 Å². The molecule has 9 nitrogen and oxygen atoms in total. The first-order valence-electron chi connectivity index (χ1n) is 8.11. The summed E-state index contributed by atoms with van der Waals surface area (Å²) in [6.07, 6.45) is -3.08. The van der Waals surface area contributed by atoms with Crippen molar-refractivity contribution in [2.45, 2.75) is 6.18 Å². The molecule has 0 aliphatic rings. The van der Waals surface area contributed by atoms with Crippen LogP contribution < -0.4 is 10.1 Å². The molecule has 0 radical (unpaired) electrons. The van der Waals surface area contributed by atoms with Gasteiger partial charge in [-0.2, -0.15) is 22.5 Å². The van der Waals surface area contributed by atoms with E-state index in [1.54, 1.807) is 0 Å². The topological polar surface area (TPSA) is 112 Å². The van der Waals surface area contributed by atoms with Gasteiger partial charge >= 0.3 is 11.9 Å². The van der Waals surface area contributed by atoms with Crippen LogP contribution in [-0.4, -0.2) is 32.9 Å². The SMILES string of the molecule is COc1cc(F)c([N+](=O)[O-])cc1Nc1ncc(F)c(-n2cc(C=O)c(C(F)(F)F)c2)n1. The molecule has 0 spiro atoms.